The van der Waals surface area contributed by atoms with E-state index in [-0.39, 0.29) is 12.0 Å². The standard InChI is InChI=1S/C20H20N4O3S/c1-2-27-20(26)24-10-9-16-17(11-24)28-19(22-16)23-18(25)14-7-3-6-13-12(14)5-4-8-15(13)21/h3-8H,2,9-11,21H2,1H3,(H,22,23,25). The molecule has 0 radical (unpaired) electrons. The average Bonchev–Trinajstić information content (AvgIpc) is 3.09. The molecule has 0 unspecified atom stereocenters. The zero-order valence-electron chi connectivity index (χ0n) is 15.4. The molecule has 3 aromatic rings. The van der Waals surface area contributed by atoms with Crippen molar-refractivity contribution in [3.8, 4) is 0 Å². The zero-order valence-corrected chi connectivity index (χ0v) is 16.2. The smallest absolute Gasteiger partial charge is 0.410 e. The lowest BCUT2D eigenvalue weighted by Crippen LogP contribution is -2.35. The lowest BCUT2D eigenvalue weighted by atomic mass is 10.0. The number of nitrogens with one attached hydrogen (secondary N) is 1. The van der Waals surface area contributed by atoms with Crippen LogP contribution in [0.3, 0.4) is 0 Å². The molecule has 2 aromatic carbocycles. The largest absolute Gasteiger partial charge is 0.450 e. The highest BCUT2D eigenvalue weighted by Crippen LogP contribution is 2.30. The van der Waals surface area contributed by atoms with Gasteiger partial charge in [0.25, 0.3) is 5.91 Å². The monoisotopic (exact) mass is 396 g/mol. The third-order valence-corrected chi connectivity index (χ3v) is 5.68. The van der Waals surface area contributed by atoms with Crippen molar-refractivity contribution in [2.24, 2.45) is 0 Å². The van der Waals surface area contributed by atoms with Gasteiger partial charge in [0, 0.05) is 34.5 Å². The number of hydrogen-bond acceptors (Lipinski definition) is 6. The summed E-state index contributed by atoms with van der Waals surface area (Å²) < 4.78 is 5.07. The van der Waals surface area contributed by atoms with Crippen LogP contribution in [-0.4, -0.2) is 35.0 Å². The van der Waals surface area contributed by atoms with Crippen LogP contribution in [0.4, 0.5) is 15.6 Å². The molecule has 2 amide bonds. The summed E-state index contributed by atoms with van der Waals surface area (Å²) in [4.78, 5) is 31.9. The first kappa shape index (κ1) is 18.2. The molecular weight excluding hydrogens is 376 g/mol. The number of rotatable bonds is 3. The number of nitrogens with two attached hydrogens (primary N) is 1. The molecular formula is C20H20N4O3S. The van der Waals surface area contributed by atoms with Crippen LogP contribution in [0.1, 0.15) is 27.9 Å². The molecule has 2 heterocycles. The summed E-state index contributed by atoms with van der Waals surface area (Å²) >= 11 is 1.39. The van der Waals surface area contributed by atoms with Gasteiger partial charge in [0.1, 0.15) is 0 Å². The molecule has 8 heteroatoms. The van der Waals surface area contributed by atoms with Crippen molar-refractivity contribution >= 4 is 44.9 Å². The molecule has 0 fully saturated rings. The Balaban J connectivity index is 1.54. The number of amides is 2. The van der Waals surface area contributed by atoms with Crippen LogP contribution in [0.25, 0.3) is 10.8 Å². The molecule has 3 N–H and O–H groups in total. The summed E-state index contributed by atoms with van der Waals surface area (Å²) in [6.45, 7) is 3.15. The maximum Gasteiger partial charge on any atom is 0.410 e. The van der Waals surface area contributed by atoms with Crippen LogP contribution in [0, 0.1) is 0 Å². The molecule has 0 saturated heterocycles. The van der Waals surface area contributed by atoms with E-state index in [0.29, 0.717) is 42.5 Å². The van der Waals surface area contributed by atoms with Crippen LogP contribution in [0.15, 0.2) is 36.4 Å². The predicted octanol–water partition coefficient (Wildman–Crippen LogP) is 3.65. The van der Waals surface area contributed by atoms with Crippen molar-refractivity contribution in [2.75, 3.05) is 24.2 Å². The quantitative estimate of drug-likeness (QED) is 0.659. The molecule has 144 valence electrons. The van der Waals surface area contributed by atoms with Crippen molar-refractivity contribution < 1.29 is 14.3 Å². The lowest BCUT2D eigenvalue weighted by Gasteiger charge is -2.24. The fourth-order valence-electron chi connectivity index (χ4n) is 3.32. The number of thiazole rings is 1. The second-order valence-electron chi connectivity index (χ2n) is 6.46. The molecule has 0 aliphatic carbocycles. The maximum atomic E-state index is 12.8. The number of nitrogens with zero attached hydrogens (tertiary/aromatic N) is 2. The molecule has 0 atom stereocenters. The van der Waals surface area contributed by atoms with Gasteiger partial charge in [-0.05, 0) is 24.4 Å². The van der Waals surface area contributed by atoms with Crippen LogP contribution in [0.5, 0.6) is 0 Å². The third kappa shape index (κ3) is 3.38. The number of carbonyl (C=O) groups excluding carboxylic acids is 2. The highest BCUT2D eigenvalue weighted by atomic mass is 32.1. The summed E-state index contributed by atoms with van der Waals surface area (Å²) in [7, 11) is 0. The number of fused-ring (bicyclic) bond motifs is 2. The Morgan fingerprint density at radius 1 is 1.25 bits per heavy atom. The van der Waals surface area contributed by atoms with Gasteiger partial charge in [-0.3, -0.25) is 10.1 Å². The van der Waals surface area contributed by atoms with Gasteiger partial charge >= 0.3 is 6.09 Å². The highest BCUT2D eigenvalue weighted by Gasteiger charge is 2.25. The number of nitrogen functional groups attached to an aromatic ring is 1. The minimum absolute atomic E-state index is 0.232. The number of carbonyl (C=O) groups is 2. The summed E-state index contributed by atoms with van der Waals surface area (Å²) in [5.41, 5.74) is 8.12. The first-order valence-electron chi connectivity index (χ1n) is 9.05. The van der Waals surface area contributed by atoms with E-state index in [9.17, 15) is 9.59 Å². The topological polar surface area (TPSA) is 97.5 Å². The van der Waals surface area contributed by atoms with Crippen LogP contribution < -0.4 is 11.1 Å². The first-order valence-corrected chi connectivity index (χ1v) is 9.87. The van der Waals surface area contributed by atoms with Crippen molar-refractivity contribution in [3.63, 3.8) is 0 Å². The van der Waals surface area contributed by atoms with Gasteiger partial charge in [0.2, 0.25) is 0 Å². The SMILES string of the molecule is CCOC(=O)N1CCc2nc(NC(=O)c3cccc4c(N)cccc34)sc2C1. The van der Waals surface area contributed by atoms with Gasteiger partial charge < -0.3 is 15.4 Å². The Kier molecular flexibility index (Phi) is 4.87. The van der Waals surface area contributed by atoms with Gasteiger partial charge in [-0.25, -0.2) is 9.78 Å². The molecule has 0 spiro atoms. The first-order chi connectivity index (χ1) is 13.6. The predicted molar refractivity (Wildman–Crippen MR) is 110 cm³/mol. The van der Waals surface area contributed by atoms with Gasteiger partial charge in [0.15, 0.2) is 5.13 Å². The normalized spacial score (nSPS) is 13.2. The van der Waals surface area contributed by atoms with Crippen molar-refractivity contribution in [2.45, 2.75) is 19.9 Å². The van der Waals surface area contributed by atoms with Gasteiger partial charge in [-0.1, -0.05) is 35.6 Å². The van der Waals surface area contributed by atoms with E-state index in [1.54, 1.807) is 17.9 Å². The van der Waals surface area contributed by atoms with Crippen LogP contribution in [-0.2, 0) is 17.7 Å². The minimum atomic E-state index is -0.319. The highest BCUT2D eigenvalue weighted by molar-refractivity contribution is 7.15. The van der Waals surface area contributed by atoms with E-state index in [0.717, 1.165) is 21.3 Å². The maximum absolute atomic E-state index is 12.8. The molecule has 1 aliphatic heterocycles. The minimum Gasteiger partial charge on any atom is -0.450 e. The number of ether oxygens (including phenoxy) is 1. The Morgan fingerprint density at radius 3 is 2.86 bits per heavy atom. The number of benzene rings is 2. The van der Waals surface area contributed by atoms with Crippen molar-refractivity contribution in [3.05, 3.63) is 52.5 Å². The molecule has 7 nitrogen and oxygen atoms in total. The van der Waals surface area contributed by atoms with Gasteiger partial charge in [-0.15, -0.1) is 0 Å². The third-order valence-electron chi connectivity index (χ3n) is 4.68. The molecule has 0 saturated carbocycles. The fraction of sp³-hybridized carbons (Fsp3) is 0.250. The Bertz CT molecular complexity index is 1060. The fourth-order valence-corrected chi connectivity index (χ4v) is 4.34. The average molecular weight is 396 g/mol. The molecule has 4 rings (SSSR count). The Labute approximate surface area is 166 Å². The van der Waals surface area contributed by atoms with Crippen LogP contribution in [0.2, 0.25) is 0 Å². The molecule has 28 heavy (non-hydrogen) atoms. The van der Waals surface area contributed by atoms with E-state index in [4.69, 9.17) is 10.5 Å². The van der Waals surface area contributed by atoms with E-state index in [1.165, 1.54) is 11.3 Å². The van der Waals surface area contributed by atoms with E-state index in [2.05, 4.69) is 10.3 Å². The second kappa shape index (κ2) is 7.47. The lowest BCUT2D eigenvalue weighted by molar-refractivity contribution is 0.102. The number of hydrogen-bond donors (Lipinski definition) is 2. The molecule has 1 aromatic heterocycles. The molecule has 1 aliphatic rings. The summed E-state index contributed by atoms with van der Waals surface area (Å²) in [6, 6.07) is 11.0. The Morgan fingerprint density at radius 2 is 2.04 bits per heavy atom. The van der Waals surface area contributed by atoms with Gasteiger partial charge in [0.05, 0.1) is 18.8 Å². The molecule has 0 bridgehead atoms. The van der Waals surface area contributed by atoms with Crippen molar-refractivity contribution in [1.82, 2.24) is 9.88 Å². The number of aromatic nitrogens is 1. The van der Waals surface area contributed by atoms with Crippen LogP contribution >= 0.6 is 11.3 Å². The second-order valence-corrected chi connectivity index (χ2v) is 7.55. The Hall–Kier alpha value is -3.13. The van der Waals surface area contributed by atoms with Crippen molar-refractivity contribution in [1.29, 1.82) is 0 Å². The summed E-state index contributed by atoms with van der Waals surface area (Å²) in [5, 5.41) is 5.07. The van der Waals surface area contributed by atoms with E-state index >= 15 is 0 Å². The zero-order chi connectivity index (χ0) is 19.7. The summed E-state index contributed by atoms with van der Waals surface area (Å²) in [5.74, 6) is -0.232. The summed E-state index contributed by atoms with van der Waals surface area (Å²) in [6.07, 6.45) is 0.325. The van der Waals surface area contributed by atoms with E-state index in [1.807, 2.05) is 30.3 Å². The number of anilines is 2. The van der Waals surface area contributed by atoms with Gasteiger partial charge in [-0.2, -0.15) is 0 Å². The van der Waals surface area contributed by atoms with E-state index < -0.39 is 0 Å².